The fraction of sp³-hybridized carbons (Fsp3) is 0.417. The van der Waals surface area contributed by atoms with E-state index in [1.807, 2.05) is 0 Å². The molecule has 2 amide bonds. The number of amides is 2. The Morgan fingerprint density at radius 1 is 1.03 bits per heavy atom. The summed E-state index contributed by atoms with van der Waals surface area (Å²) in [6, 6.07) is 12.7. The number of aliphatic carboxylic acids is 1. The van der Waals surface area contributed by atoms with Crippen LogP contribution in [0.3, 0.4) is 0 Å². The molecule has 178 valence electrons. The molecule has 0 saturated heterocycles. The molecule has 0 heterocycles. The van der Waals surface area contributed by atoms with Gasteiger partial charge >= 0.3 is 18.2 Å². The van der Waals surface area contributed by atoms with Gasteiger partial charge in [0, 0.05) is 6.54 Å². The van der Waals surface area contributed by atoms with Crippen LogP contribution in [0, 0.1) is 11.8 Å². The number of carbonyl (C=O) groups is 2. The fourth-order valence-corrected chi connectivity index (χ4v) is 4.14. The van der Waals surface area contributed by atoms with E-state index in [2.05, 4.69) is 5.32 Å². The third-order valence-electron chi connectivity index (χ3n) is 5.66. The highest BCUT2D eigenvalue weighted by Gasteiger charge is 2.32. The zero-order valence-electron chi connectivity index (χ0n) is 18.1. The first-order valence-electron chi connectivity index (χ1n) is 10.8. The highest BCUT2D eigenvalue weighted by atomic mass is 19.4. The molecule has 1 aliphatic carbocycles. The largest absolute Gasteiger partial charge is 0.480 e. The Kier molecular flexibility index (Phi) is 8.32. The number of carboxylic acids is 1. The number of para-hydroxylation sites is 1. The standard InChI is InChI=1S/C24H27F3N2O4/c25-24(26,27)19-8-5-11-21(13-19)29(20-9-2-1-3-10-20)23(32)28-14-17-6-4-7-18(12-17)15-33-16-22(30)31/h1-3,5,8-11,13,17-18H,4,6-7,12,14-16H2,(H,28,32)(H,30,31). The lowest BCUT2D eigenvalue weighted by Crippen LogP contribution is -2.40. The number of hydrogen-bond acceptors (Lipinski definition) is 3. The topological polar surface area (TPSA) is 78.9 Å². The number of urea groups is 1. The van der Waals surface area contributed by atoms with Crippen molar-refractivity contribution in [1.29, 1.82) is 0 Å². The van der Waals surface area contributed by atoms with Crippen LogP contribution < -0.4 is 10.2 Å². The van der Waals surface area contributed by atoms with Gasteiger partial charge in [-0.3, -0.25) is 4.90 Å². The fourth-order valence-electron chi connectivity index (χ4n) is 4.14. The second-order valence-corrected chi connectivity index (χ2v) is 8.21. The van der Waals surface area contributed by atoms with Crippen molar-refractivity contribution in [3.8, 4) is 0 Å². The Morgan fingerprint density at radius 3 is 2.42 bits per heavy atom. The number of carbonyl (C=O) groups excluding carboxylic acids is 1. The molecule has 0 aliphatic heterocycles. The van der Waals surface area contributed by atoms with Gasteiger partial charge in [0.25, 0.3) is 0 Å². The summed E-state index contributed by atoms with van der Waals surface area (Å²) in [5.41, 5.74) is -0.250. The Morgan fingerprint density at radius 2 is 1.73 bits per heavy atom. The van der Waals surface area contributed by atoms with E-state index in [9.17, 15) is 22.8 Å². The van der Waals surface area contributed by atoms with Gasteiger partial charge < -0.3 is 15.2 Å². The monoisotopic (exact) mass is 464 g/mol. The first kappa shape index (κ1) is 24.6. The molecule has 1 saturated carbocycles. The zero-order valence-corrected chi connectivity index (χ0v) is 18.1. The summed E-state index contributed by atoms with van der Waals surface area (Å²) >= 11 is 0. The van der Waals surface area contributed by atoms with Crippen molar-refractivity contribution in [2.75, 3.05) is 24.7 Å². The van der Waals surface area contributed by atoms with Gasteiger partial charge in [0.05, 0.1) is 23.5 Å². The Hall–Kier alpha value is -3.07. The first-order chi connectivity index (χ1) is 15.7. The molecule has 2 atom stereocenters. The van der Waals surface area contributed by atoms with E-state index in [0.717, 1.165) is 37.8 Å². The molecule has 1 aliphatic rings. The Labute approximate surface area is 190 Å². The molecule has 3 rings (SSSR count). The quantitative estimate of drug-likeness (QED) is 0.544. The highest BCUT2D eigenvalue weighted by Crippen LogP contribution is 2.34. The van der Waals surface area contributed by atoms with Gasteiger partial charge in [-0.2, -0.15) is 13.2 Å². The first-order valence-corrected chi connectivity index (χ1v) is 10.8. The molecular weight excluding hydrogens is 437 g/mol. The lowest BCUT2D eigenvalue weighted by molar-refractivity contribution is -0.143. The summed E-state index contributed by atoms with van der Waals surface area (Å²) in [6.45, 7) is 0.397. The minimum atomic E-state index is -4.52. The molecule has 6 nitrogen and oxygen atoms in total. The van der Waals surface area contributed by atoms with E-state index in [1.54, 1.807) is 30.3 Å². The Bertz CT molecular complexity index is 937. The molecule has 33 heavy (non-hydrogen) atoms. The van der Waals surface area contributed by atoms with Gasteiger partial charge in [-0.15, -0.1) is 0 Å². The average molecular weight is 464 g/mol. The number of hydrogen-bond donors (Lipinski definition) is 2. The summed E-state index contributed by atoms with van der Waals surface area (Å²) < 4.78 is 44.9. The second-order valence-electron chi connectivity index (χ2n) is 8.21. The van der Waals surface area contributed by atoms with Crippen LogP contribution >= 0.6 is 0 Å². The van der Waals surface area contributed by atoms with Crippen LogP contribution in [0.2, 0.25) is 0 Å². The third kappa shape index (κ3) is 7.21. The van der Waals surface area contributed by atoms with Crippen LogP contribution in [0.15, 0.2) is 54.6 Å². The number of benzene rings is 2. The van der Waals surface area contributed by atoms with Gasteiger partial charge in [0.1, 0.15) is 6.61 Å². The molecule has 2 aromatic rings. The average Bonchev–Trinajstić information content (AvgIpc) is 2.78. The maximum Gasteiger partial charge on any atom is 0.416 e. The van der Waals surface area contributed by atoms with Gasteiger partial charge in [-0.05, 0) is 61.4 Å². The summed E-state index contributed by atoms with van der Waals surface area (Å²) in [5, 5.41) is 11.6. The zero-order chi connectivity index (χ0) is 23.8. The summed E-state index contributed by atoms with van der Waals surface area (Å²) in [7, 11) is 0. The maximum atomic E-state index is 13.2. The number of anilines is 2. The number of ether oxygens (including phenoxy) is 1. The predicted octanol–water partition coefficient (Wildman–Crippen LogP) is 5.46. The van der Waals surface area contributed by atoms with Crippen molar-refractivity contribution >= 4 is 23.4 Å². The molecule has 2 unspecified atom stereocenters. The van der Waals surface area contributed by atoms with Crippen molar-refractivity contribution in [3.63, 3.8) is 0 Å². The van der Waals surface area contributed by atoms with Crippen molar-refractivity contribution in [2.24, 2.45) is 11.8 Å². The van der Waals surface area contributed by atoms with Gasteiger partial charge in [-0.1, -0.05) is 30.7 Å². The van der Waals surface area contributed by atoms with Crippen LogP contribution in [0.1, 0.15) is 31.2 Å². The second kappa shape index (κ2) is 11.2. The van der Waals surface area contributed by atoms with Crippen molar-refractivity contribution < 1.29 is 32.6 Å². The molecule has 1 fully saturated rings. The van der Waals surface area contributed by atoms with Crippen molar-refractivity contribution in [3.05, 3.63) is 60.2 Å². The van der Waals surface area contributed by atoms with Crippen LogP contribution in [0.5, 0.6) is 0 Å². The molecule has 0 spiro atoms. The smallest absolute Gasteiger partial charge is 0.416 e. The summed E-state index contributed by atoms with van der Waals surface area (Å²) in [6.07, 6.45) is -0.948. The van der Waals surface area contributed by atoms with Crippen molar-refractivity contribution in [1.82, 2.24) is 5.32 Å². The van der Waals surface area contributed by atoms with Crippen molar-refractivity contribution in [2.45, 2.75) is 31.9 Å². The molecule has 0 aromatic heterocycles. The van der Waals surface area contributed by atoms with Gasteiger partial charge in [-0.25, -0.2) is 9.59 Å². The number of halogens is 3. The van der Waals surface area contributed by atoms with Crippen LogP contribution in [0.4, 0.5) is 29.3 Å². The highest BCUT2D eigenvalue weighted by molar-refractivity contribution is 5.99. The lowest BCUT2D eigenvalue weighted by Gasteiger charge is -2.30. The van der Waals surface area contributed by atoms with Crippen LogP contribution in [-0.4, -0.2) is 36.9 Å². The van der Waals surface area contributed by atoms with E-state index in [0.29, 0.717) is 18.8 Å². The van der Waals surface area contributed by atoms with Gasteiger partial charge in [0.15, 0.2) is 0 Å². The van der Waals surface area contributed by atoms with Gasteiger partial charge in [0.2, 0.25) is 0 Å². The third-order valence-corrected chi connectivity index (χ3v) is 5.66. The molecule has 2 aromatic carbocycles. The maximum absolute atomic E-state index is 13.2. The van der Waals surface area contributed by atoms with E-state index >= 15 is 0 Å². The predicted molar refractivity (Wildman–Crippen MR) is 117 cm³/mol. The number of nitrogens with zero attached hydrogens (tertiary/aromatic N) is 1. The SMILES string of the molecule is O=C(O)COCC1CCCC(CNC(=O)N(c2ccccc2)c2cccc(C(F)(F)F)c2)C1. The summed E-state index contributed by atoms with van der Waals surface area (Å²) in [4.78, 5) is 25.0. The number of rotatable bonds is 8. The van der Waals surface area contributed by atoms with Crippen LogP contribution in [-0.2, 0) is 15.7 Å². The molecule has 0 bridgehead atoms. The van der Waals surface area contributed by atoms with E-state index in [1.165, 1.54) is 17.0 Å². The molecule has 0 radical (unpaired) electrons. The molecule has 2 N–H and O–H groups in total. The molecular formula is C24H27F3N2O4. The minimum Gasteiger partial charge on any atom is -0.480 e. The lowest BCUT2D eigenvalue weighted by atomic mass is 9.82. The molecule has 9 heteroatoms. The normalized spacial score (nSPS) is 18.5. The number of alkyl halides is 3. The minimum absolute atomic E-state index is 0.122. The number of carboxylic acid groups (broad SMARTS) is 1. The van der Waals surface area contributed by atoms with E-state index in [4.69, 9.17) is 9.84 Å². The Balaban J connectivity index is 1.68. The van der Waals surface area contributed by atoms with E-state index < -0.39 is 23.7 Å². The van der Waals surface area contributed by atoms with Crippen LogP contribution in [0.25, 0.3) is 0 Å². The van der Waals surface area contributed by atoms with E-state index in [-0.39, 0.29) is 24.1 Å². The summed E-state index contributed by atoms with van der Waals surface area (Å²) in [5.74, 6) is -0.612. The number of nitrogens with one attached hydrogen (secondary N) is 1.